The van der Waals surface area contributed by atoms with E-state index < -0.39 is 58.7 Å². The van der Waals surface area contributed by atoms with Gasteiger partial charge in [-0.05, 0) is 48.9 Å². The van der Waals surface area contributed by atoms with Crippen molar-refractivity contribution in [1.29, 1.82) is 0 Å². The molecule has 0 aliphatic carbocycles. The second-order valence-electron chi connectivity index (χ2n) is 9.31. The molecule has 2 amide bonds. The molecule has 2 atom stereocenters. The summed E-state index contributed by atoms with van der Waals surface area (Å²) in [5.41, 5.74) is 3.17. The lowest BCUT2D eigenvalue weighted by atomic mass is 10.0. The van der Waals surface area contributed by atoms with E-state index in [4.69, 9.17) is 5.73 Å². The highest BCUT2D eigenvalue weighted by Crippen LogP contribution is 2.39. The van der Waals surface area contributed by atoms with Crippen molar-refractivity contribution in [2.45, 2.75) is 25.3 Å². The number of aryl methyl sites for hydroxylation is 1. The number of carbonyl (C=O) groups excluding carboxylic acids is 2. The number of fused-ring (bicyclic) bond motifs is 1. The van der Waals surface area contributed by atoms with E-state index in [0.717, 1.165) is 40.0 Å². The zero-order valence-electron chi connectivity index (χ0n) is 20.6. The number of nitrogens with zero attached hydrogens (tertiary/aromatic N) is 4. The van der Waals surface area contributed by atoms with Crippen LogP contribution in [0.5, 0.6) is 0 Å². The fourth-order valence-corrected chi connectivity index (χ4v) is 4.71. The van der Waals surface area contributed by atoms with Crippen molar-refractivity contribution in [1.82, 2.24) is 24.8 Å². The van der Waals surface area contributed by atoms with Gasteiger partial charge in [-0.2, -0.15) is 18.3 Å². The van der Waals surface area contributed by atoms with Crippen molar-refractivity contribution >= 4 is 23.1 Å². The number of nitrogens with two attached hydrogens (primary N) is 1. The first-order valence-corrected chi connectivity index (χ1v) is 11.8. The maximum absolute atomic E-state index is 15.1. The van der Waals surface area contributed by atoms with E-state index in [1.807, 2.05) is 0 Å². The molecule has 0 spiro atoms. The Morgan fingerprint density at radius 1 is 1.10 bits per heavy atom. The summed E-state index contributed by atoms with van der Waals surface area (Å²) in [5.74, 6) is -3.51. The van der Waals surface area contributed by atoms with Gasteiger partial charge >= 0.3 is 6.18 Å². The molecule has 3 N–H and O–H groups in total. The number of nitrogen functional groups attached to an aromatic ring is 1. The fraction of sp³-hybridized carbons (Fsp3) is 0.231. The third-order valence-corrected chi connectivity index (χ3v) is 6.65. The lowest BCUT2D eigenvalue weighted by Crippen LogP contribution is -2.42. The summed E-state index contributed by atoms with van der Waals surface area (Å²) in [6.07, 6.45) is -5.62. The third kappa shape index (κ3) is 4.80. The van der Waals surface area contributed by atoms with Crippen molar-refractivity contribution in [3.8, 4) is 11.3 Å². The molecule has 40 heavy (non-hydrogen) atoms. The molecule has 0 saturated carbocycles. The molecule has 14 heteroatoms. The van der Waals surface area contributed by atoms with Crippen LogP contribution in [0.25, 0.3) is 16.8 Å². The van der Waals surface area contributed by atoms with Crippen molar-refractivity contribution in [2.24, 2.45) is 0 Å². The van der Waals surface area contributed by atoms with Gasteiger partial charge in [-0.15, -0.1) is 0 Å². The average Bonchev–Trinajstić information content (AvgIpc) is 3.45. The molecule has 3 heterocycles. The summed E-state index contributed by atoms with van der Waals surface area (Å²) in [5, 5.41) is 6.26. The Balaban J connectivity index is 1.44. The van der Waals surface area contributed by atoms with E-state index in [-0.39, 0.29) is 41.0 Å². The molecular weight excluding hydrogens is 542 g/mol. The summed E-state index contributed by atoms with van der Waals surface area (Å²) in [4.78, 5) is 30.5. The van der Waals surface area contributed by atoms with Crippen LogP contribution in [0.2, 0.25) is 0 Å². The minimum absolute atomic E-state index is 0.0142. The maximum Gasteiger partial charge on any atom is 0.418 e. The highest BCUT2D eigenvalue weighted by Gasteiger charge is 2.38. The molecule has 8 nitrogen and oxygen atoms in total. The first-order chi connectivity index (χ1) is 18.8. The topological polar surface area (TPSA) is 106 Å². The highest BCUT2D eigenvalue weighted by molar-refractivity contribution is 5.98. The molecule has 1 aliphatic heterocycles. The van der Waals surface area contributed by atoms with Gasteiger partial charge in [0.2, 0.25) is 0 Å². The minimum atomic E-state index is -4.86. The third-order valence-electron chi connectivity index (χ3n) is 6.65. The van der Waals surface area contributed by atoms with Crippen molar-refractivity contribution in [3.05, 3.63) is 82.7 Å². The summed E-state index contributed by atoms with van der Waals surface area (Å²) in [6.45, 7) is 0.829. The molecule has 4 aromatic rings. The number of alkyl halides is 4. The Morgan fingerprint density at radius 3 is 2.55 bits per heavy atom. The van der Waals surface area contributed by atoms with Crippen molar-refractivity contribution < 1.29 is 35.9 Å². The standard InChI is InChI=1S/C26H20F6N6O2/c1-12-5-18(28)16(21-8-17(26(30,31)32)22-23(33)34-11-35-38(21)22)7-15(12)24(39)36-20-10-37(9-19(20)29)25(40)13-3-2-4-14(27)6-13/h2-8,11,19-20H,9-10H2,1H3,(H,36,39)(H2,33,34,35)/t19-,20+/m0/s1. The van der Waals surface area contributed by atoms with Gasteiger partial charge in [-0.25, -0.2) is 22.7 Å². The maximum atomic E-state index is 15.1. The molecule has 0 radical (unpaired) electrons. The number of anilines is 1. The Morgan fingerprint density at radius 2 is 1.85 bits per heavy atom. The summed E-state index contributed by atoms with van der Waals surface area (Å²) >= 11 is 0. The van der Waals surface area contributed by atoms with E-state index in [9.17, 15) is 31.5 Å². The van der Waals surface area contributed by atoms with Crippen LogP contribution in [0.15, 0.2) is 48.8 Å². The van der Waals surface area contributed by atoms with Crippen LogP contribution in [0.3, 0.4) is 0 Å². The second kappa shape index (κ2) is 9.84. The Labute approximate surface area is 222 Å². The van der Waals surface area contributed by atoms with Crippen LogP contribution in [0.4, 0.5) is 32.2 Å². The van der Waals surface area contributed by atoms with E-state index in [0.29, 0.717) is 6.07 Å². The molecule has 0 bridgehead atoms. The van der Waals surface area contributed by atoms with E-state index in [1.54, 1.807) is 0 Å². The van der Waals surface area contributed by atoms with Gasteiger partial charge in [0.25, 0.3) is 11.8 Å². The largest absolute Gasteiger partial charge is 0.418 e. The van der Waals surface area contributed by atoms with Crippen LogP contribution in [-0.4, -0.2) is 56.6 Å². The number of rotatable bonds is 4. The number of halogens is 6. The van der Waals surface area contributed by atoms with Gasteiger partial charge in [0.15, 0.2) is 5.82 Å². The van der Waals surface area contributed by atoms with E-state index >= 15 is 4.39 Å². The van der Waals surface area contributed by atoms with Gasteiger partial charge in [0.05, 0.1) is 23.8 Å². The molecule has 1 saturated heterocycles. The van der Waals surface area contributed by atoms with E-state index in [2.05, 4.69) is 15.4 Å². The normalized spacial score (nSPS) is 17.4. The first-order valence-electron chi connectivity index (χ1n) is 11.8. The Hall–Kier alpha value is -4.62. The smallest absolute Gasteiger partial charge is 0.382 e. The molecule has 208 valence electrons. The van der Waals surface area contributed by atoms with Crippen molar-refractivity contribution in [2.75, 3.05) is 18.8 Å². The SMILES string of the molecule is Cc1cc(F)c(-c2cc(C(F)(F)F)c3c(N)ncnn23)cc1C(=O)N[C@@H]1CN(C(=O)c2cccc(F)c2)C[C@@H]1F. The van der Waals surface area contributed by atoms with Gasteiger partial charge in [-0.1, -0.05) is 6.07 Å². The van der Waals surface area contributed by atoms with Crippen LogP contribution in [0, 0.1) is 18.6 Å². The molecule has 2 aromatic heterocycles. The predicted octanol–water partition coefficient (Wildman–Crippen LogP) is 4.18. The average molecular weight is 562 g/mol. The number of amides is 2. The van der Waals surface area contributed by atoms with Gasteiger partial charge in [-0.3, -0.25) is 9.59 Å². The number of aromatic nitrogens is 3. The molecule has 2 aromatic carbocycles. The number of hydrogen-bond donors (Lipinski definition) is 2. The Kier molecular flexibility index (Phi) is 6.64. The molecular formula is C26H20F6N6O2. The monoisotopic (exact) mass is 562 g/mol. The van der Waals surface area contributed by atoms with Crippen LogP contribution >= 0.6 is 0 Å². The number of nitrogens with one attached hydrogen (secondary N) is 1. The lowest BCUT2D eigenvalue weighted by molar-refractivity contribution is -0.136. The number of likely N-dealkylation sites (tertiary alicyclic amines) is 1. The summed E-state index contributed by atoms with van der Waals surface area (Å²) < 4.78 is 85.3. The van der Waals surface area contributed by atoms with Gasteiger partial charge in [0, 0.05) is 23.2 Å². The molecule has 5 rings (SSSR count). The number of carbonyl (C=O) groups is 2. The zero-order chi connectivity index (χ0) is 28.9. The van der Waals surface area contributed by atoms with Gasteiger partial charge < -0.3 is 16.0 Å². The van der Waals surface area contributed by atoms with E-state index in [1.165, 1.54) is 19.1 Å². The molecule has 1 aliphatic rings. The summed E-state index contributed by atoms with van der Waals surface area (Å²) in [7, 11) is 0. The number of hydrogen-bond acceptors (Lipinski definition) is 5. The minimum Gasteiger partial charge on any atom is -0.382 e. The van der Waals surface area contributed by atoms with Crippen LogP contribution in [-0.2, 0) is 6.18 Å². The highest BCUT2D eigenvalue weighted by atomic mass is 19.4. The number of benzene rings is 2. The van der Waals surface area contributed by atoms with Crippen LogP contribution < -0.4 is 11.1 Å². The molecule has 1 fully saturated rings. The predicted molar refractivity (Wildman–Crippen MR) is 131 cm³/mol. The quantitative estimate of drug-likeness (QED) is 0.363. The Bertz CT molecular complexity index is 1650. The fourth-order valence-electron chi connectivity index (χ4n) is 4.71. The first kappa shape index (κ1) is 27.0. The lowest BCUT2D eigenvalue weighted by Gasteiger charge is -2.18. The summed E-state index contributed by atoms with van der Waals surface area (Å²) in [6, 6.07) is 6.40. The van der Waals surface area contributed by atoms with Crippen LogP contribution in [0.1, 0.15) is 31.8 Å². The van der Waals surface area contributed by atoms with Crippen molar-refractivity contribution in [3.63, 3.8) is 0 Å². The molecule has 0 unspecified atom stereocenters. The second-order valence-corrected chi connectivity index (χ2v) is 9.31. The van der Waals surface area contributed by atoms with Gasteiger partial charge in [0.1, 0.15) is 29.7 Å². The zero-order valence-corrected chi connectivity index (χ0v) is 20.6.